The highest BCUT2D eigenvalue weighted by atomic mass is 19.1. The Kier molecular flexibility index (Phi) is 2.41. The Labute approximate surface area is 70.4 Å². The smallest absolute Gasteiger partial charge is 0.140 e. The molecule has 0 fully saturated rings. The largest absolute Gasteiger partial charge is 0.324 e. The first kappa shape index (κ1) is 8.69. The average molecular weight is 164 g/mol. The van der Waals surface area contributed by atoms with Crippen molar-refractivity contribution in [1.29, 1.82) is 5.26 Å². The number of nitriles is 1. The second kappa shape index (κ2) is 3.33. The normalized spacial score (nSPS) is 12.2. The molecule has 12 heavy (non-hydrogen) atoms. The molecular weight excluding hydrogens is 155 g/mol. The SMILES string of the molecule is C[C@H](N)c1ccc(F)c(C#N)c1. The number of benzene rings is 1. The molecule has 0 bridgehead atoms. The lowest BCUT2D eigenvalue weighted by molar-refractivity contribution is 0.622. The molecule has 0 aliphatic rings. The highest BCUT2D eigenvalue weighted by molar-refractivity contribution is 5.35. The molecule has 0 aliphatic carbocycles. The molecule has 1 aromatic rings. The number of nitrogens with two attached hydrogens (primary N) is 1. The number of hydrogen-bond acceptors (Lipinski definition) is 2. The third kappa shape index (κ3) is 1.60. The van der Waals surface area contributed by atoms with E-state index >= 15 is 0 Å². The minimum atomic E-state index is -0.498. The molecule has 0 saturated heterocycles. The fourth-order valence-corrected chi connectivity index (χ4v) is 0.912. The zero-order valence-electron chi connectivity index (χ0n) is 6.71. The van der Waals surface area contributed by atoms with Gasteiger partial charge in [-0.15, -0.1) is 0 Å². The summed E-state index contributed by atoms with van der Waals surface area (Å²) in [5.41, 5.74) is 6.37. The van der Waals surface area contributed by atoms with Crippen LogP contribution >= 0.6 is 0 Å². The monoisotopic (exact) mass is 164 g/mol. The maximum atomic E-state index is 12.8. The Bertz CT molecular complexity index is 326. The van der Waals surface area contributed by atoms with Crippen LogP contribution in [0.3, 0.4) is 0 Å². The van der Waals surface area contributed by atoms with Crippen LogP contribution in [0.2, 0.25) is 0 Å². The highest BCUT2D eigenvalue weighted by Crippen LogP contribution is 2.14. The third-order valence-electron chi connectivity index (χ3n) is 1.64. The van der Waals surface area contributed by atoms with E-state index in [0.717, 1.165) is 5.56 Å². The van der Waals surface area contributed by atoms with E-state index in [2.05, 4.69) is 0 Å². The fourth-order valence-electron chi connectivity index (χ4n) is 0.912. The van der Waals surface area contributed by atoms with Gasteiger partial charge in [0, 0.05) is 6.04 Å². The molecule has 0 aliphatic heterocycles. The lowest BCUT2D eigenvalue weighted by atomic mass is 10.1. The van der Waals surface area contributed by atoms with Crippen molar-refractivity contribution in [2.24, 2.45) is 5.73 Å². The standard InChI is InChI=1S/C9H9FN2/c1-6(12)7-2-3-9(10)8(4-7)5-11/h2-4,6H,12H2,1H3/t6-/m0/s1. The van der Waals surface area contributed by atoms with E-state index in [1.165, 1.54) is 12.1 Å². The summed E-state index contributed by atoms with van der Waals surface area (Å²) in [6.07, 6.45) is 0. The van der Waals surface area contributed by atoms with E-state index in [9.17, 15) is 4.39 Å². The van der Waals surface area contributed by atoms with Gasteiger partial charge < -0.3 is 5.73 Å². The maximum Gasteiger partial charge on any atom is 0.140 e. The van der Waals surface area contributed by atoms with Crippen LogP contribution in [0.15, 0.2) is 18.2 Å². The lowest BCUT2D eigenvalue weighted by Crippen LogP contribution is -2.05. The van der Waals surface area contributed by atoms with E-state index in [0.29, 0.717) is 0 Å². The predicted octanol–water partition coefficient (Wildman–Crippen LogP) is 1.72. The van der Waals surface area contributed by atoms with Gasteiger partial charge in [0.2, 0.25) is 0 Å². The van der Waals surface area contributed by atoms with Crippen LogP contribution in [-0.2, 0) is 0 Å². The van der Waals surface area contributed by atoms with Crippen LogP contribution in [0, 0.1) is 17.1 Å². The van der Waals surface area contributed by atoms with Gasteiger partial charge in [-0.3, -0.25) is 0 Å². The van der Waals surface area contributed by atoms with Crippen molar-refractivity contribution >= 4 is 0 Å². The van der Waals surface area contributed by atoms with Crippen LogP contribution < -0.4 is 5.73 Å². The number of hydrogen-bond donors (Lipinski definition) is 1. The molecule has 0 radical (unpaired) electrons. The number of halogens is 1. The van der Waals surface area contributed by atoms with Crippen LogP contribution in [0.5, 0.6) is 0 Å². The molecule has 0 heterocycles. The van der Waals surface area contributed by atoms with Gasteiger partial charge in [0.15, 0.2) is 0 Å². The summed E-state index contributed by atoms with van der Waals surface area (Å²) < 4.78 is 12.8. The van der Waals surface area contributed by atoms with E-state index in [1.54, 1.807) is 19.1 Å². The Balaban J connectivity index is 3.16. The number of rotatable bonds is 1. The maximum absolute atomic E-state index is 12.8. The summed E-state index contributed by atoms with van der Waals surface area (Å²) in [4.78, 5) is 0. The lowest BCUT2D eigenvalue weighted by Gasteiger charge is -2.04. The van der Waals surface area contributed by atoms with Gasteiger partial charge in [-0.05, 0) is 24.6 Å². The summed E-state index contributed by atoms with van der Waals surface area (Å²) in [6, 6.07) is 5.91. The van der Waals surface area contributed by atoms with Crippen molar-refractivity contribution in [3.63, 3.8) is 0 Å². The van der Waals surface area contributed by atoms with Gasteiger partial charge in [-0.2, -0.15) is 5.26 Å². The Morgan fingerprint density at radius 3 is 2.75 bits per heavy atom. The van der Waals surface area contributed by atoms with E-state index in [1.807, 2.05) is 0 Å². The Hall–Kier alpha value is -1.40. The van der Waals surface area contributed by atoms with Gasteiger partial charge >= 0.3 is 0 Å². The van der Waals surface area contributed by atoms with E-state index in [4.69, 9.17) is 11.0 Å². The van der Waals surface area contributed by atoms with Crippen molar-refractivity contribution in [3.8, 4) is 6.07 Å². The summed E-state index contributed by atoms with van der Waals surface area (Å²) in [5.74, 6) is -0.498. The molecular formula is C9H9FN2. The Morgan fingerprint density at radius 1 is 1.58 bits per heavy atom. The minimum absolute atomic E-state index is 0.0461. The fraction of sp³-hybridized carbons (Fsp3) is 0.222. The summed E-state index contributed by atoms with van der Waals surface area (Å²) >= 11 is 0. The average Bonchev–Trinajstić information content (AvgIpc) is 2.05. The molecule has 0 saturated carbocycles. The molecule has 0 spiro atoms. The van der Waals surface area contributed by atoms with Crippen molar-refractivity contribution in [3.05, 3.63) is 35.1 Å². The topological polar surface area (TPSA) is 49.8 Å². The molecule has 62 valence electrons. The summed E-state index contributed by atoms with van der Waals surface area (Å²) in [5, 5.41) is 8.49. The molecule has 1 atom stereocenters. The van der Waals surface area contributed by atoms with Crippen molar-refractivity contribution in [2.75, 3.05) is 0 Å². The minimum Gasteiger partial charge on any atom is -0.324 e. The second-order valence-electron chi connectivity index (χ2n) is 2.64. The predicted molar refractivity (Wildman–Crippen MR) is 43.7 cm³/mol. The van der Waals surface area contributed by atoms with Gasteiger partial charge in [0.05, 0.1) is 5.56 Å². The van der Waals surface area contributed by atoms with Crippen molar-refractivity contribution in [2.45, 2.75) is 13.0 Å². The first-order valence-electron chi connectivity index (χ1n) is 3.60. The van der Waals surface area contributed by atoms with Crippen molar-refractivity contribution in [1.82, 2.24) is 0 Å². The van der Waals surface area contributed by atoms with Gasteiger partial charge in [0.25, 0.3) is 0 Å². The molecule has 1 rings (SSSR count). The molecule has 0 amide bonds. The van der Waals surface area contributed by atoms with E-state index < -0.39 is 5.82 Å². The Morgan fingerprint density at radius 2 is 2.25 bits per heavy atom. The highest BCUT2D eigenvalue weighted by Gasteiger charge is 2.04. The van der Waals surface area contributed by atoms with Gasteiger partial charge in [0.1, 0.15) is 11.9 Å². The van der Waals surface area contributed by atoms with Crippen LogP contribution in [0.1, 0.15) is 24.1 Å². The van der Waals surface area contributed by atoms with Crippen LogP contribution in [0.25, 0.3) is 0 Å². The van der Waals surface area contributed by atoms with Crippen molar-refractivity contribution < 1.29 is 4.39 Å². The molecule has 1 aromatic carbocycles. The molecule has 3 heteroatoms. The summed E-state index contributed by atoms with van der Waals surface area (Å²) in [6.45, 7) is 1.79. The third-order valence-corrected chi connectivity index (χ3v) is 1.64. The van der Waals surface area contributed by atoms with Crippen LogP contribution in [-0.4, -0.2) is 0 Å². The van der Waals surface area contributed by atoms with Gasteiger partial charge in [-0.25, -0.2) is 4.39 Å². The van der Waals surface area contributed by atoms with E-state index in [-0.39, 0.29) is 11.6 Å². The second-order valence-corrected chi connectivity index (χ2v) is 2.64. The zero-order chi connectivity index (χ0) is 9.14. The zero-order valence-corrected chi connectivity index (χ0v) is 6.71. The molecule has 2 nitrogen and oxygen atoms in total. The number of nitrogens with zero attached hydrogens (tertiary/aromatic N) is 1. The first-order valence-corrected chi connectivity index (χ1v) is 3.60. The molecule has 2 N–H and O–H groups in total. The quantitative estimate of drug-likeness (QED) is 0.687. The van der Waals surface area contributed by atoms with Gasteiger partial charge in [-0.1, -0.05) is 6.07 Å². The molecule has 0 aromatic heterocycles. The first-order chi connectivity index (χ1) is 5.65. The molecule has 0 unspecified atom stereocenters. The van der Waals surface area contributed by atoms with Crippen LogP contribution in [0.4, 0.5) is 4.39 Å². The summed E-state index contributed by atoms with van der Waals surface area (Å²) in [7, 11) is 0.